The second kappa shape index (κ2) is 7.79. The molecule has 10 heteroatoms. The molecule has 2 aromatic carbocycles. The molecule has 0 saturated heterocycles. The van der Waals surface area contributed by atoms with Gasteiger partial charge in [0, 0.05) is 23.3 Å². The zero-order chi connectivity index (χ0) is 22.5. The number of imidazole rings is 1. The van der Waals surface area contributed by atoms with E-state index in [4.69, 9.17) is 21.1 Å². The summed E-state index contributed by atoms with van der Waals surface area (Å²) < 4.78 is 29.5. The number of fused-ring (bicyclic) bond motifs is 5. The first kappa shape index (κ1) is 20.1. The minimum Gasteiger partial charge on any atom is -0.474 e. The zero-order valence-corrected chi connectivity index (χ0v) is 18.3. The maximum atomic E-state index is 14.3. The standard InChI is InChI=1S/C23H18ClFN6O2/c1-32-11-20-28-29-22-15-8-13(24)6-7-18(15)31-12-26-21(19(31)9-30(20)22)23-27-17(10-33-23)14-4-2-3-5-16(14)25/h2-8,12,17H,9-11H2,1H3/t17-/m1/s1. The largest absolute Gasteiger partial charge is 0.474 e. The van der Waals surface area contributed by atoms with Crippen LogP contribution in [0, 0.1) is 5.82 Å². The predicted molar refractivity (Wildman–Crippen MR) is 119 cm³/mol. The number of hydrogen-bond acceptors (Lipinski definition) is 6. The summed E-state index contributed by atoms with van der Waals surface area (Å²) in [4.78, 5) is 9.29. The number of rotatable bonds is 4. The van der Waals surface area contributed by atoms with Crippen LogP contribution in [0.15, 0.2) is 53.8 Å². The van der Waals surface area contributed by atoms with Crippen molar-refractivity contribution in [3.05, 3.63) is 82.4 Å². The Morgan fingerprint density at radius 1 is 1.21 bits per heavy atom. The van der Waals surface area contributed by atoms with E-state index >= 15 is 0 Å². The van der Waals surface area contributed by atoms with Gasteiger partial charge in [0.2, 0.25) is 5.90 Å². The maximum Gasteiger partial charge on any atom is 0.238 e. The lowest BCUT2D eigenvalue weighted by Crippen LogP contribution is -2.13. The van der Waals surface area contributed by atoms with E-state index in [0.717, 1.165) is 16.9 Å². The van der Waals surface area contributed by atoms with Gasteiger partial charge in [0.05, 0.1) is 17.9 Å². The van der Waals surface area contributed by atoms with Gasteiger partial charge in [-0.05, 0) is 24.3 Å². The van der Waals surface area contributed by atoms with Gasteiger partial charge in [-0.15, -0.1) is 10.2 Å². The summed E-state index contributed by atoms with van der Waals surface area (Å²) in [7, 11) is 1.61. The zero-order valence-electron chi connectivity index (χ0n) is 17.6. The van der Waals surface area contributed by atoms with E-state index in [0.29, 0.717) is 47.0 Å². The van der Waals surface area contributed by atoms with Crippen LogP contribution in [-0.4, -0.2) is 43.9 Å². The van der Waals surface area contributed by atoms with Gasteiger partial charge >= 0.3 is 0 Å². The van der Waals surface area contributed by atoms with Crippen molar-refractivity contribution in [3.63, 3.8) is 0 Å². The molecule has 166 valence electrons. The van der Waals surface area contributed by atoms with Gasteiger partial charge in [-0.2, -0.15) is 0 Å². The molecule has 0 unspecified atom stereocenters. The summed E-state index contributed by atoms with van der Waals surface area (Å²) >= 11 is 6.31. The summed E-state index contributed by atoms with van der Waals surface area (Å²) in [6, 6.07) is 11.8. The minimum atomic E-state index is -0.426. The summed E-state index contributed by atoms with van der Waals surface area (Å²) in [5, 5.41) is 9.32. The fraction of sp³-hybridized carbons (Fsp3) is 0.217. The quantitative estimate of drug-likeness (QED) is 0.402. The molecule has 2 aliphatic rings. The summed E-state index contributed by atoms with van der Waals surface area (Å²) in [5.74, 6) is 1.45. The van der Waals surface area contributed by atoms with Crippen molar-refractivity contribution >= 4 is 17.5 Å². The van der Waals surface area contributed by atoms with Crippen molar-refractivity contribution < 1.29 is 13.9 Å². The molecule has 8 nitrogen and oxygen atoms in total. The summed E-state index contributed by atoms with van der Waals surface area (Å²) in [5.41, 5.74) is 3.65. The second-order valence-corrected chi connectivity index (χ2v) is 8.25. The third-order valence-electron chi connectivity index (χ3n) is 5.85. The highest BCUT2D eigenvalue weighted by Gasteiger charge is 2.31. The first-order chi connectivity index (χ1) is 16.1. The molecule has 0 aliphatic carbocycles. The third kappa shape index (κ3) is 3.23. The van der Waals surface area contributed by atoms with Gasteiger partial charge in [0.1, 0.15) is 37.1 Å². The van der Waals surface area contributed by atoms with Gasteiger partial charge in [-0.25, -0.2) is 14.4 Å². The molecule has 0 amide bonds. The van der Waals surface area contributed by atoms with Crippen LogP contribution >= 0.6 is 11.6 Å². The Morgan fingerprint density at radius 3 is 2.94 bits per heavy atom. The lowest BCUT2D eigenvalue weighted by molar-refractivity contribution is 0.174. The first-order valence-electron chi connectivity index (χ1n) is 10.4. The second-order valence-electron chi connectivity index (χ2n) is 7.81. The lowest BCUT2D eigenvalue weighted by Gasteiger charge is -2.09. The van der Waals surface area contributed by atoms with Crippen LogP contribution in [0.5, 0.6) is 0 Å². The highest BCUT2D eigenvalue weighted by molar-refractivity contribution is 6.31. The monoisotopic (exact) mass is 464 g/mol. The van der Waals surface area contributed by atoms with Crippen LogP contribution in [0.2, 0.25) is 5.02 Å². The first-order valence-corrected chi connectivity index (χ1v) is 10.7. The molecule has 2 aromatic heterocycles. The molecule has 1 atom stereocenters. The van der Waals surface area contributed by atoms with Crippen molar-refractivity contribution in [2.75, 3.05) is 13.7 Å². The Morgan fingerprint density at radius 2 is 2.09 bits per heavy atom. The third-order valence-corrected chi connectivity index (χ3v) is 6.09. The molecule has 0 radical (unpaired) electrons. The Bertz CT molecular complexity index is 1410. The van der Waals surface area contributed by atoms with Crippen molar-refractivity contribution in [3.8, 4) is 17.1 Å². The van der Waals surface area contributed by atoms with E-state index in [2.05, 4.69) is 20.2 Å². The number of methoxy groups -OCH3 is 1. The average Bonchev–Trinajstić information content (AvgIpc) is 3.53. The fourth-order valence-electron chi connectivity index (χ4n) is 4.30. The minimum absolute atomic E-state index is 0.252. The van der Waals surface area contributed by atoms with Crippen LogP contribution in [0.25, 0.3) is 17.1 Å². The Hall–Kier alpha value is -3.56. The molecule has 33 heavy (non-hydrogen) atoms. The summed E-state index contributed by atoms with van der Waals surface area (Å²) in [6.45, 7) is 0.982. The highest BCUT2D eigenvalue weighted by atomic mass is 35.5. The van der Waals surface area contributed by atoms with Crippen LogP contribution < -0.4 is 0 Å². The molecule has 4 heterocycles. The van der Waals surface area contributed by atoms with Crippen molar-refractivity contribution in [1.29, 1.82) is 0 Å². The number of halogens is 2. The molecule has 0 fully saturated rings. The summed E-state index contributed by atoms with van der Waals surface area (Å²) in [6.07, 6.45) is 1.73. The number of ether oxygens (including phenoxy) is 2. The number of benzene rings is 2. The van der Waals surface area contributed by atoms with Crippen LogP contribution in [-0.2, 0) is 22.6 Å². The molecule has 0 spiro atoms. The molecule has 6 rings (SSSR count). The number of aliphatic imine (C=N–C) groups is 1. The molecule has 0 saturated carbocycles. The van der Waals surface area contributed by atoms with Gasteiger partial charge in [0.25, 0.3) is 0 Å². The fourth-order valence-corrected chi connectivity index (χ4v) is 4.48. The number of nitrogens with zero attached hydrogens (tertiary/aromatic N) is 6. The molecule has 0 bridgehead atoms. The molecular formula is C23H18ClFN6O2. The highest BCUT2D eigenvalue weighted by Crippen LogP contribution is 2.35. The van der Waals surface area contributed by atoms with Crippen LogP contribution in [0.1, 0.15) is 28.8 Å². The molecule has 4 aromatic rings. The SMILES string of the molecule is COCc1nnc2n1Cc1c(C3=N[C@@H](c4ccccc4F)CO3)ncn1-c1ccc(Cl)cc1-2. The molecular weight excluding hydrogens is 447 g/mol. The van der Waals surface area contributed by atoms with E-state index in [1.54, 1.807) is 31.6 Å². The normalized spacial score (nSPS) is 16.5. The van der Waals surface area contributed by atoms with Gasteiger partial charge in [0.15, 0.2) is 11.6 Å². The predicted octanol–water partition coefficient (Wildman–Crippen LogP) is 3.95. The van der Waals surface area contributed by atoms with Gasteiger partial charge < -0.3 is 14.0 Å². The van der Waals surface area contributed by atoms with Gasteiger partial charge in [-0.3, -0.25) is 4.57 Å². The topological polar surface area (TPSA) is 79.3 Å². The van der Waals surface area contributed by atoms with Gasteiger partial charge in [-0.1, -0.05) is 29.8 Å². The van der Waals surface area contributed by atoms with E-state index in [9.17, 15) is 4.39 Å². The number of hydrogen-bond donors (Lipinski definition) is 0. The lowest BCUT2D eigenvalue weighted by atomic mass is 10.1. The average molecular weight is 465 g/mol. The Labute approximate surface area is 193 Å². The molecule has 2 aliphatic heterocycles. The molecule has 0 N–H and O–H groups in total. The Kier molecular flexibility index (Phi) is 4.74. The van der Waals surface area contributed by atoms with E-state index in [1.807, 2.05) is 27.3 Å². The smallest absolute Gasteiger partial charge is 0.238 e. The Balaban J connectivity index is 1.49. The number of aromatic nitrogens is 5. The van der Waals surface area contributed by atoms with Crippen molar-refractivity contribution in [2.24, 2.45) is 4.99 Å². The van der Waals surface area contributed by atoms with E-state index in [-0.39, 0.29) is 12.4 Å². The van der Waals surface area contributed by atoms with Crippen LogP contribution in [0.3, 0.4) is 0 Å². The van der Waals surface area contributed by atoms with Crippen LogP contribution in [0.4, 0.5) is 4.39 Å². The van der Waals surface area contributed by atoms with Crippen molar-refractivity contribution in [2.45, 2.75) is 19.2 Å². The van der Waals surface area contributed by atoms with Crippen molar-refractivity contribution in [1.82, 2.24) is 24.3 Å². The van der Waals surface area contributed by atoms with E-state index in [1.165, 1.54) is 6.07 Å². The van der Waals surface area contributed by atoms with E-state index < -0.39 is 6.04 Å². The maximum absolute atomic E-state index is 14.3.